The molecular formula is C31H48N2O6. The number of nitrogens with zero attached hydrogens (tertiary/aromatic N) is 1. The quantitative estimate of drug-likeness (QED) is 0.395. The van der Waals surface area contributed by atoms with Crippen LogP contribution in [0.5, 0.6) is 0 Å². The Morgan fingerprint density at radius 1 is 1.10 bits per heavy atom. The van der Waals surface area contributed by atoms with Crippen molar-refractivity contribution in [1.82, 2.24) is 5.32 Å². The Balaban J connectivity index is 1.18. The van der Waals surface area contributed by atoms with E-state index in [1.807, 2.05) is 13.8 Å². The third-order valence-corrected chi connectivity index (χ3v) is 11.3. The first-order chi connectivity index (χ1) is 18.4. The zero-order valence-electron chi connectivity index (χ0n) is 24.2. The fourth-order valence-corrected chi connectivity index (χ4v) is 9.18. The van der Waals surface area contributed by atoms with E-state index in [0.717, 1.165) is 50.7 Å². The molecule has 0 unspecified atom stereocenters. The minimum absolute atomic E-state index is 0.0427. The zero-order chi connectivity index (χ0) is 28.0. The number of amides is 1. The number of fused-ring (bicyclic) bond motifs is 5. The number of aliphatic hydroxyl groups excluding tert-OH is 1. The summed E-state index contributed by atoms with van der Waals surface area (Å²) in [4.78, 5) is 29.7. The van der Waals surface area contributed by atoms with Crippen LogP contribution in [0.3, 0.4) is 0 Å². The van der Waals surface area contributed by atoms with Gasteiger partial charge in [0.15, 0.2) is 6.61 Å². The first-order valence-electron chi connectivity index (χ1n) is 15.1. The number of carboxylic acids is 1. The Morgan fingerprint density at radius 3 is 2.64 bits per heavy atom. The monoisotopic (exact) mass is 544 g/mol. The zero-order valence-corrected chi connectivity index (χ0v) is 24.2. The van der Waals surface area contributed by atoms with E-state index in [0.29, 0.717) is 30.8 Å². The van der Waals surface area contributed by atoms with Crippen LogP contribution in [0.2, 0.25) is 0 Å². The molecule has 8 nitrogen and oxygen atoms in total. The van der Waals surface area contributed by atoms with Crippen molar-refractivity contribution in [3.63, 3.8) is 0 Å². The molecule has 4 aliphatic carbocycles. The highest BCUT2D eigenvalue weighted by Crippen LogP contribution is 2.65. The molecule has 8 heteroatoms. The summed E-state index contributed by atoms with van der Waals surface area (Å²) in [6.45, 7) is 9.10. The molecule has 1 saturated heterocycles. The highest BCUT2D eigenvalue weighted by atomic mass is 16.6. The van der Waals surface area contributed by atoms with Crippen molar-refractivity contribution in [3.05, 3.63) is 11.6 Å². The molecule has 218 valence electrons. The topological polar surface area (TPSA) is 117 Å². The summed E-state index contributed by atoms with van der Waals surface area (Å²) < 4.78 is 5.77. The van der Waals surface area contributed by atoms with Crippen LogP contribution in [-0.2, 0) is 19.2 Å². The van der Waals surface area contributed by atoms with Gasteiger partial charge in [-0.25, -0.2) is 0 Å². The molecule has 5 aliphatic rings. The lowest BCUT2D eigenvalue weighted by atomic mass is 9.47. The number of nitrogens with one attached hydrogen (secondary N) is 1. The van der Waals surface area contributed by atoms with E-state index in [4.69, 9.17) is 9.57 Å². The fourth-order valence-electron chi connectivity index (χ4n) is 9.18. The molecule has 1 heterocycles. The number of aliphatic hydroxyl groups is 1. The van der Waals surface area contributed by atoms with Gasteiger partial charge in [-0.1, -0.05) is 24.6 Å². The third kappa shape index (κ3) is 5.65. The van der Waals surface area contributed by atoms with Crippen LogP contribution in [0.4, 0.5) is 0 Å². The molecule has 1 aliphatic heterocycles. The van der Waals surface area contributed by atoms with Crippen LogP contribution >= 0.6 is 0 Å². The molecule has 5 rings (SSSR count). The number of carbonyl (C=O) groups is 2. The van der Waals surface area contributed by atoms with Crippen molar-refractivity contribution in [2.24, 2.45) is 39.7 Å². The number of aliphatic carboxylic acids is 1. The summed E-state index contributed by atoms with van der Waals surface area (Å²) in [5.41, 5.74) is 2.30. The van der Waals surface area contributed by atoms with Crippen molar-refractivity contribution in [2.75, 3.05) is 13.2 Å². The Morgan fingerprint density at radius 2 is 1.90 bits per heavy atom. The predicted molar refractivity (Wildman–Crippen MR) is 148 cm³/mol. The van der Waals surface area contributed by atoms with E-state index in [2.05, 4.69) is 30.4 Å². The van der Waals surface area contributed by atoms with Gasteiger partial charge in [-0.15, -0.1) is 0 Å². The maximum absolute atomic E-state index is 12.7. The molecule has 1 amide bonds. The first kappa shape index (κ1) is 28.6. The predicted octanol–water partition coefficient (Wildman–Crippen LogP) is 4.85. The second-order valence-corrected chi connectivity index (χ2v) is 14.1. The van der Waals surface area contributed by atoms with Crippen molar-refractivity contribution < 1.29 is 29.4 Å². The van der Waals surface area contributed by atoms with Gasteiger partial charge in [0.05, 0.1) is 23.8 Å². The van der Waals surface area contributed by atoms with Crippen molar-refractivity contribution >= 4 is 17.6 Å². The van der Waals surface area contributed by atoms with Gasteiger partial charge in [0, 0.05) is 12.6 Å². The van der Waals surface area contributed by atoms with Crippen LogP contribution in [-0.4, -0.2) is 58.8 Å². The fraction of sp³-hybridized carbons (Fsp3) is 0.839. The number of oxime groups is 1. The highest BCUT2D eigenvalue weighted by molar-refractivity contribution is 5.96. The molecule has 0 aromatic carbocycles. The summed E-state index contributed by atoms with van der Waals surface area (Å²) in [7, 11) is 0. The molecule has 0 radical (unpaired) electrons. The van der Waals surface area contributed by atoms with E-state index >= 15 is 0 Å². The molecule has 0 bridgehead atoms. The molecule has 0 aromatic rings. The van der Waals surface area contributed by atoms with Gasteiger partial charge in [-0.3, -0.25) is 9.59 Å². The van der Waals surface area contributed by atoms with Crippen molar-refractivity contribution in [1.29, 1.82) is 0 Å². The Bertz CT molecular complexity index is 1020. The normalized spacial score (nSPS) is 41.0. The van der Waals surface area contributed by atoms with Gasteiger partial charge in [-0.2, -0.15) is 0 Å². The molecule has 3 saturated carbocycles. The third-order valence-electron chi connectivity index (χ3n) is 11.3. The van der Waals surface area contributed by atoms with Crippen LogP contribution in [0.1, 0.15) is 98.3 Å². The van der Waals surface area contributed by atoms with Crippen LogP contribution in [0.15, 0.2) is 16.8 Å². The number of carboxylic acid groups (broad SMARTS) is 1. The van der Waals surface area contributed by atoms with Gasteiger partial charge >= 0.3 is 5.97 Å². The van der Waals surface area contributed by atoms with Crippen LogP contribution in [0.25, 0.3) is 0 Å². The average Bonchev–Trinajstić information content (AvgIpc) is 3.17. The maximum Gasteiger partial charge on any atom is 0.305 e. The Hall–Kier alpha value is -1.93. The van der Waals surface area contributed by atoms with Gasteiger partial charge in [0.25, 0.3) is 5.91 Å². The Labute approximate surface area is 233 Å². The number of rotatable bonds is 7. The number of carbonyl (C=O) groups excluding carboxylic acids is 1. The summed E-state index contributed by atoms with van der Waals surface area (Å²) >= 11 is 0. The molecule has 0 aromatic heterocycles. The molecule has 39 heavy (non-hydrogen) atoms. The van der Waals surface area contributed by atoms with Crippen molar-refractivity contribution in [3.8, 4) is 0 Å². The minimum Gasteiger partial charge on any atom is -0.481 e. The summed E-state index contributed by atoms with van der Waals surface area (Å²) in [6.07, 6.45) is 11.9. The lowest BCUT2D eigenvalue weighted by molar-refractivity contribution is -0.139. The molecule has 8 atom stereocenters. The SMILES string of the molecule is CC1(C)C[C@H]([C@H](CC(=O)O)NC(=O)CO/N=C2/C=C3CC[C@H]4[C@@H](CC[C@]5(C)[C@@H](O)CC[C@@H]45)[C@@]3(C)CC2)CCO1. The van der Waals surface area contributed by atoms with Gasteiger partial charge in [0.2, 0.25) is 0 Å². The maximum atomic E-state index is 12.7. The first-order valence-corrected chi connectivity index (χ1v) is 15.1. The van der Waals surface area contributed by atoms with Gasteiger partial charge in [-0.05, 0) is 119 Å². The molecule has 3 N–H and O–H groups in total. The standard InChI is InChI=1S/C31H48N2O6/c1-29(2)17-19(11-14-38-29)25(16-28(36)37)32-27(35)18-39-33-21-9-12-30(3)20(15-21)5-6-22-23-7-8-26(34)31(23,4)13-10-24(22)30/h15,19,22-26,34H,5-14,16-18H2,1-4H3,(H,32,35)(H,36,37)/b33-21+/t19-,22-,23+,24-,25+,26+,30+,31+/m1/s1. The smallest absolute Gasteiger partial charge is 0.305 e. The minimum atomic E-state index is -0.927. The summed E-state index contributed by atoms with van der Waals surface area (Å²) in [6, 6.07) is -0.458. The van der Waals surface area contributed by atoms with E-state index in [-0.39, 0.29) is 47.4 Å². The number of hydrogen-bond donors (Lipinski definition) is 3. The second-order valence-electron chi connectivity index (χ2n) is 14.1. The lowest BCUT2D eigenvalue weighted by Gasteiger charge is -2.57. The van der Waals surface area contributed by atoms with Crippen LogP contribution in [0, 0.1) is 34.5 Å². The number of allylic oxidation sites excluding steroid dienone is 2. The molecule has 4 fully saturated rings. The van der Waals surface area contributed by atoms with E-state index in [1.54, 1.807) is 0 Å². The van der Waals surface area contributed by atoms with E-state index in [9.17, 15) is 19.8 Å². The summed E-state index contributed by atoms with van der Waals surface area (Å²) in [5.74, 6) is 0.772. The second kappa shape index (κ2) is 10.8. The number of ether oxygens (including phenoxy) is 1. The highest BCUT2D eigenvalue weighted by Gasteiger charge is 2.58. The molecule has 0 spiro atoms. The van der Waals surface area contributed by atoms with Crippen molar-refractivity contribution in [2.45, 2.75) is 116 Å². The number of hydrogen-bond acceptors (Lipinski definition) is 6. The van der Waals surface area contributed by atoms with Gasteiger partial charge < -0.3 is 25.1 Å². The Kier molecular flexibility index (Phi) is 7.92. The average molecular weight is 545 g/mol. The van der Waals surface area contributed by atoms with E-state index in [1.165, 1.54) is 18.4 Å². The van der Waals surface area contributed by atoms with Crippen LogP contribution < -0.4 is 5.32 Å². The van der Waals surface area contributed by atoms with Gasteiger partial charge in [0.1, 0.15) is 0 Å². The summed E-state index contributed by atoms with van der Waals surface area (Å²) in [5, 5.41) is 27.3. The lowest BCUT2D eigenvalue weighted by Crippen LogP contribution is -2.51. The molecular weight excluding hydrogens is 496 g/mol. The van der Waals surface area contributed by atoms with E-state index < -0.39 is 12.0 Å². The largest absolute Gasteiger partial charge is 0.481 e.